The van der Waals surface area contributed by atoms with Crippen molar-refractivity contribution in [3.05, 3.63) is 49.8 Å². The normalized spacial score (nSPS) is 12.8. The second-order valence-electron chi connectivity index (χ2n) is 6.20. The van der Waals surface area contributed by atoms with Crippen molar-refractivity contribution in [3.8, 4) is 0 Å². The molecule has 0 radical (unpaired) electrons. The number of hydrogen-bond acceptors (Lipinski definition) is 6. The number of rotatable bonds is 3. The van der Waals surface area contributed by atoms with E-state index in [0.717, 1.165) is 36.2 Å². The molecule has 5 nitrogen and oxygen atoms in total. The SMILES string of the molecule is Cc1nc2ccc(NC(C)c3nc4sc(C)c(C)c4c(=O)[nH]3)cc2s1. The van der Waals surface area contributed by atoms with Gasteiger partial charge in [0.1, 0.15) is 10.7 Å². The molecule has 4 aromatic rings. The quantitative estimate of drug-likeness (QED) is 0.549. The Morgan fingerprint density at radius 1 is 1.16 bits per heavy atom. The van der Waals surface area contributed by atoms with Crippen LogP contribution in [0.5, 0.6) is 0 Å². The predicted octanol–water partition coefficient (Wildman–Crippen LogP) is 4.69. The fraction of sp³-hybridized carbons (Fsp3) is 0.278. The van der Waals surface area contributed by atoms with Gasteiger partial charge in [-0.3, -0.25) is 4.79 Å². The van der Waals surface area contributed by atoms with Crippen LogP contribution >= 0.6 is 22.7 Å². The molecule has 25 heavy (non-hydrogen) atoms. The molecule has 0 spiro atoms. The lowest BCUT2D eigenvalue weighted by molar-refractivity contribution is 0.793. The topological polar surface area (TPSA) is 70.7 Å². The second kappa shape index (κ2) is 5.93. The van der Waals surface area contributed by atoms with Gasteiger partial charge < -0.3 is 10.3 Å². The average Bonchev–Trinajstić information content (AvgIpc) is 3.06. The molecule has 0 amide bonds. The first-order chi connectivity index (χ1) is 11.9. The van der Waals surface area contributed by atoms with Gasteiger partial charge in [-0.25, -0.2) is 9.97 Å². The Morgan fingerprint density at radius 3 is 2.76 bits per heavy atom. The molecule has 128 valence electrons. The third-order valence-corrected chi connectivity index (χ3v) is 6.38. The maximum absolute atomic E-state index is 12.4. The number of aromatic nitrogens is 3. The van der Waals surface area contributed by atoms with E-state index < -0.39 is 0 Å². The standard InChI is InChI=1S/C18H18N4OS2/c1-8-10(3)24-18-15(8)17(23)21-16(22-18)9(2)19-12-5-6-13-14(7-12)25-11(4)20-13/h5-7,9,19H,1-4H3,(H,21,22,23). The molecule has 0 aliphatic rings. The largest absolute Gasteiger partial charge is 0.375 e. The number of H-pyrrole nitrogens is 1. The lowest BCUT2D eigenvalue weighted by Crippen LogP contribution is -2.17. The maximum atomic E-state index is 12.4. The molecule has 0 aliphatic carbocycles. The third-order valence-electron chi connectivity index (χ3n) is 4.35. The highest BCUT2D eigenvalue weighted by Crippen LogP contribution is 2.28. The number of thiophene rings is 1. The van der Waals surface area contributed by atoms with Crippen molar-refractivity contribution in [2.24, 2.45) is 0 Å². The van der Waals surface area contributed by atoms with E-state index in [1.165, 1.54) is 0 Å². The molecule has 1 aromatic carbocycles. The Morgan fingerprint density at radius 2 is 1.96 bits per heavy atom. The van der Waals surface area contributed by atoms with Gasteiger partial charge in [0.05, 0.1) is 26.7 Å². The minimum atomic E-state index is -0.105. The summed E-state index contributed by atoms with van der Waals surface area (Å²) in [5.41, 5.74) is 2.96. The summed E-state index contributed by atoms with van der Waals surface area (Å²) >= 11 is 3.24. The molecule has 3 heterocycles. The summed E-state index contributed by atoms with van der Waals surface area (Å²) < 4.78 is 1.15. The first kappa shape index (κ1) is 16.2. The zero-order chi connectivity index (χ0) is 17.7. The van der Waals surface area contributed by atoms with Crippen molar-refractivity contribution < 1.29 is 0 Å². The molecule has 2 N–H and O–H groups in total. The molecule has 1 atom stereocenters. The average molecular weight is 371 g/mol. The number of fused-ring (bicyclic) bond motifs is 2. The lowest BCUT2D eigenvalue weighted by Gasteiger charge is -2.14. The van der Waals surface area contributed by atoms with E-state index in [2.05, 4.69) is 26.3 Å². The Bertz CT molecular complexity index is 1160. The van der Waals surface area contributed by atoms with Crippen molar-refractivity contribution in [2.75, 3.05) is 5.32 Å². The summed E-state index contributed by atoms with van der Waals surface area (Å²) in [5, 5.41) is 5.19. The van der Waals surface area contributed by atoms with Crippen LogP contribution in [0.3, 0.4) is 0 Å². The Hall–Kier alpha value is -2.25. The van der Waals surface area contributed by atoms with Gasteiger partial charge in [-0.05, 0) is 51.5 Å². The highest BCUT2D eigenvalue weighted by Gasteiger charge is 2.15. The smallest absolute Gasteiger partial charge is 0.259 e. The van der Waals surface area contributed by atoms with Gasteiger partial charge >= 0.3 is 0 Å². The summed E-state index contributed by atoms with van der Waals surface area (Å²) in [5.74, 6) is 0.652. The van der Waals surface area contributed by atoms with Crippen LogP contribution in [0.1, 0.15) is 34.2 Å². The molecule has 3 aromatic heterocycles. The second-order valence-corrected chi connectivity index (χ2v) is 8.63. The van der Waals surface area contributed by atoms with E-state index in [9.17, 15) is 4.79 Å². The van der Waals surface area contributed by atoms with Gasteiger partial charge in [0.15, 0.2) is 0 Å². The minimum absolute atomic E-state index is 0.0657. The highest BCUT2D eigenvalue weighted by molar-refractivity contribution is 7.19. The fourth-order valence-corrected chi connectivity index (χ4v) is 4.83. The van der Waals surface area contributed by atoms with Crippen LogP contribution in [0.2, 0.25) is 0 Å². The number of nitrogens with one attached hydrogen (secondary N) is 2. The summed E-state index contributed by atoms with van der Waals surface area (Å²) in [6.45, 7) is 8.00. The Kier molecular flexibility index (Phi) is 3.85. The van der Waals surface area contributed by atoms with Crippen molar-refractivity contribution in [1.29, 1.82) is 0 Å². The first-order valence-corrected chi connectivity index (χ1v) is 9.69. The van der Waals surface area contributed by atoms with Crippen LogP contribution in [0.15, 0.2) is 23.0 Å². The molecule has 0 aliphatic heterocycles. The van der Waals surface area contributed by atoms with Gasteiger partial charge in [0.25, 0.3) is 5.56 Å². The van der Waals surface area contributed by atoms with Crippen molar-refractivity contribution >= 4 is 48.8 Å². The van der Waals surface area contributed by atoms with E-state index in [1.54, 1.807) is 22.7 Å². The van der Waals surface area contributed by atoms with Crippen molar-refractivity contribution in [2.45, 2.75) is 33.7 Å². The zero-order valence-electron chi connectivity index (χ0n) is 14.4. The van der Waals surface area contributed by atoms with Gasteiger partial charge in [0, 0.05) is 10.6 Å². The number of hydrogen-bond donors (Lipinski definition) is 2. The highest BCUT2D eigenvalue weighted by atomic mass is 32.1. The molecule has 0 fully saturated rings. The predicted molar refractivity (Wildman–Crippen MR) is 106 cm³/mol. The van der Waals surface area contributed by atoms with Crippen LogP contribution in [-0.2, 0) is 0 Å². The molecule has 1 unspecified atom stereocenters. The number of aromatic amines is 1. The van der Waals surface area contributed by atoms with Crippen LogP contribution in [0, 0.1) is 20.8 Å². The van der Waals surface area contributed by atoms with Crippen LogP contribution < -0.4 is 10.9 Å². The van der Waals surface area contributed by atoms with E-state index in [-0.39, 0.29) is 11.6 Å². The number of aryl methyl sites for hydroxylation is 3. The molecule has 0 saturated heterocycles. The minimum Gasteiger partial charge on any atom is -0.375 e. The van der Waals surface area contributed by atoms with E-state index in [0.29, 0.717) is 11.2 Å². The summed E-state index contributed by atoms with van der Waals surface area (Å²) in [6.07, 6.45) is 0. The number of benzene rings is 1. The summed E-state index contributed by atoms with van der Waals surface area (Å²) in [7, 11) is 0. The van der Waals surface area contributed by atoms with Gasteiger partial charge in [-0.15, -0.1) is 22.7 Å². The Labute approximate surface area is 152 Å². The molecule has 0 saturated carbocycles. The molecular formula is C18H18N4OS2. The number of nitrogens with zero attached hydrogens (tertiary/aromatic N) is 2. The van der Waals surface area contributed by atoms with Gasteiger partial charge in [-0.2, -0.15) is 0 Å². The molecular weight excluding hydrogens is 352 g/mol. The number of thiazole rings is 1. The Balaban J connectivity index is 1.68. The van der Waals surface area contributed by atoms with Crippen LogP contribution in [0.4, 0.5) is 5.69 Å². The summed E-state index contributed by atoms with van der Waals surface area (Å²) in [6, 6.07) is 6.01. The van der Waals surface area contributed by atoms with E-state index in [1.807, 2.05) is 39.8 Å². The maximum Gasteiger partial charge on any atom is 0.259 e. The monoisotopic (exact) mass is 370 g/mol. The molecule has 4 rings (SSSR count). The van der Waals surface area contributed by atoms with E-state index in [4.69, 9.17) is 0 Å². The fourth-order valence-electron chi connectivity index (χ4n) is 2.92. The van der Waals surface area contributed by atoms with Crippen molar-refractivity contribution in [1.82, 2.24) is 15.0 Å². The lowest BCUT2D eigenvalue weighted by atomic mass is 10.2. The first-order valence-electron chi connectivity index (χ1n) is 8.06. The zero-order valence-corrected chi connectivity index (χ0v) is 16.1. The number of anilines is 1. The third kappa shape index (κ3) is 2.83. The molecule has 0 bridgehead atoms. The van der Waals surface area contributed by atoms with Crippen LogP contribution in [-0.4, -0.2) is 15.0 Å². The molecule has 7 heteroatoms. The summed E-state index contributed by atoms with van der Waals surface area (Å²) in [4.78, 5) is 26.5. The van der Waals surface area contributed by atoms with E-state index >= 15 is 0 Å². The van der Waals surface area contributed by atoms with Crippen molar-refractivity contribution in [3.63, 3.8) is 0 Å². The van der Waals surface area contributed by atoms with Crippen LogP contribution in [0.25, 0.3) is 20.4 Å². The van der Waals surface area contributed by atoms with Gasteiger partial charge in [-0.1, -0.05) is 0 Å². The van der Waals surface area contributed by atoms with Gasteiger partial charge in [0.2, 0.25) is 0 Å².